The lowest BCUT2D eigenvalue weighted by molar-refractivity contribution is 0.350. The van der Waals surface area contributed by atoms with Gasteiger partial charge in [0.05, 0.1) is 0 Å². The molecular weight excluding hydrogens is 288 g/mol. The monoisotopic (exact) mass is 306 g/mol. The summed E-state index contributed by atoms with van der Waals surface area (Å²) in [5.74, 6) is 0.903. The third-order valence-electron chi connectivity index (χ3n) is 3.90. The fourth-order valence-electron chi connectivity index (χ4n) is 2.77. The number of hydrogen-bond donors (Lipinski definition) is 0. The van der Waals surface area contributed by atoms with Crippen LogP contribution in [-0.2, 0) is 16.6 Å². The minimum Gasteiger partial charge on any atom is -0.334 e. The molecule has 1 atom stereocenters. The molecule has 2 aromatic rings. The van der Waals surface area contributed by atoms with Gasteiger partial charge in [-0.3, -0.25) is 4.98 Å². The lowest BCUT2D eigenvalue weighted by atomic mass is 10.2. The normalized spacial score (nSPS) is 20.0. The first-order chi connectivity index (χ1) is 10.1. The molecule has 0 bridgehead atoms. The lowest BCUT2D eigenvalue weighted by Crippen LogP contribution is -2.38. The smallest absolute Gasteiger partial charge is 0.244 e. The van der Waals surface area contributed by atoms with Crippen LogP contribution < -0.4 is 0 Å². The Labute approximate surface area is 124 Å². The summed E-state index contributed by atoms with van der Waals surface area (Å²) in [6.07, 6.45) is 8.38. The molecule has 0 aliphatic carbocycles. The van der Waals surface area contributed by atoms with Gasteiger partial charge in [0.25, 0.3) is 0 Å². The van der Waals surface area contributed by atoms with Crippen LogP contribution in [0.1, 0.15) is 18.7 Å². The number of aromatic nitrogens is 3. The Morgan fingerprint density at radius 2 is 2.24 bits per heavy atom. The fraction of sp³-hybridized carbons (Fsp3) is 0.429. The predicted octanol–water partition coefficient (Wildman–Crippen LogP) is 1.44. The van der Waals surface area contributed by atoms with Crippen LogP contribution in [0.25, 0.3) is 0 Å². The van der Waals surface area contributed by atoms with Crippen molar-refractivity contribution < 1.29 is 8.42 Å². The van der Waals surface area contributed by atoms with Crippen LogP contribution in [0, 0.1) is 6.92 Å². The maximum atomic E-state index is 12.7. The maximum absolute atomic E-state index is 12.7. The van der Waals surface area contributed by atoms with Gasteiger partial charge >= 0.3 is 0 Å². The molecule has 0 unspecified atom stereocenters. The second-order valence-electron chi connectivity index (χ2n) is 5.23. The van der Waals surface area contributed by atoms with E-state index in [1.54, 1.807) is 28.8 Å². The molecule has 1 aliphatic heterocycles. The number of pyridine rings is 1. The van der Waals surface area contributed by atoms with E-state index in [2.05, 4.69) is 9.97 Å². The summed E-state index contributed by atoms with van der Waals surface area (Å²) in [6.45, 7) is 3.13. The first-order valence-electron chi connectivity index (χ1n) is 6.98. The van der Waals surface area contributed by atoms with Gasteiger partial charge in [-0.1, -0.05) is 0 Å². The lowest BCUT2D eigenvalue weighted by Gasteiger charge is -2.24. The maximum Gasteiger partial charge on any atom is 0.244 e. The van der Waals surface area contributed by atoms with E-state index in [1.807, 2.05) is 17.7 Å². The van der Waals surface area contributed by atoms with E-state index in [1.165, 1.54) is 6.20 Å². The number of rotatable bonds is 4. The van der Waals surface area contributed by atoms with Gasteiger partial charge in [0.2, 0.25) is 10.0 Å². The van der Waals surface area contributed by atoms with Gasteiger partial charge in [-0.15, -0.1) is 0 Å². The van der Waals surface area contributed by atoms with Crippen LogP contribution in [0.2, 0.25) is 0 Å². The molecule has 6 nitrogen and oxygen atoms in total. The quantitative estimate of drug-likeness (QED) is 0.857. The highest BCUT2D eigenvalue weighted by molar-refractivity contribution is 7.89. The fourth-order valence-corrected chi connectivity index (χ4v) is 4.42. The van der Waals surface area contributed by atoms with E-state index in [4.69, 9.17) is 0 Å². The molecule has 2 aromatic heterocycles. The Bertz CT molecular complexity index is 712. The van der Waals surface area contributed by atoms with E-state index in [0.29, 0.717) is 13.1 Å². The number of sulfonamides is 1. The third-order valence-corrected chi connectivity index (χ3v) is 5.83. The summed E-state index contributed by atoms with van der Waals surface area (Å²) in [4.78, 5) is 8.37. The van der Waals surface area contributed by atoms with Gasteiger partial charge in [-0.2, -0.15) is 4.31 Å². The van der Waals surface area contributed by atoms with Gasteiger partial charge < -0.3 is 4.57 Å². The molecule has 7 heteroatoms. The van der Waals surface area contributed by atoms with Gasteiger partial charge in [-0.25, -0.2) is 13.4 Å². The van der Waals surface area contributed by atoms with E-state index in [-0.39, 0.29) is 10.9 Å². The Balaban J connectivity index is 1.86. The van der Waals surface area contributed by atoms with E-state index >= 15 is 0 Å². The molecule has 0 radical (unpaired) electrons. The van der Waals surface area contributed by atoms with Crippen molar-refractivity contribution in [1.82, 2.24) is 18.8 Å². The third kappa shape index (κ3) is 2.71. The molecular formula is C14H18N4O2S. The summed E-state index contributed by atoms with van der Waals surface area (Å²) in [5, 5.41) is 0. The molecule has 0 saturated carbocycles. The number of hydrogen-bond acceptors (Lipinski definition) is 4. The second kappa shape index (κ2) is 5.57. The van der Waals surface area contributed by atoms with Crippen LogP contribution in [0.3, 0.4) is 0 Å². The first-order valence-corrected chi connectivity index (χ1v) is 8.42. The molecule has 1 aliphatic rings. The number of nitrogens with zero attached hydrogens (tertiary/aromatic N) is 4. The van der Waals surface area contributed by atoms with Gasteiger partial charge in [0, 0.05) is 43.9 Å². The number of aryl methyl sites for hydroxylation is 1. The van der Waals surface area contributed by atoms with Crippen molar-refractivity contribution in [2.75, 3.05) is 6.54 Å². The minimum atomic E-state index is -3.47. The zero-order valence-corrected chi connectivity index (χ0v) is 12.7. The minimum absolute atomic E-state index is 0.0249. The van der Waals surface area contributed by atoms with Crippen molar-refractivity contribution >= 4 is 10.0 Å². The summed E-state index contributed by atoms with van der Waals surface area (Å²) >= 11 is 0. The second-order valence-corrected chi connectivity index (χ2v) is 7.12. The Morgan fingerprint density at radius 1 is 1.38 bits per heavy atom. The van der Waals surface area contributed by atoms with E-state index in [9.17, 15) is 8.42 Å². The molecule has 1 fully saturated rings. The Morgan fingerprint density at radius 3 is 2.90 bits per heavy atom. The van der Waals surface area contributed by atoms with Gasteiger partial charge in [0.1, 0.15) is 10.7 Å². The van der Waals surface area contributed by atoms with Crippen LogP contribution in [0.5, 0.6) is 0 Å². The van der Waals surface area contributed by atoms with Crippen LogP contribution in [0.15, 0.2) is 41.8 Å². The molecule has 3 rings (SSSR count). The molecule has 3 heterocycles. The van der Waals surface area contributed by atoms with Crippen molar-refractivity contribution in [3.8, 4) is 0 Å². The van der Waals surface area contributed by atoms with Crippen molar-refractivity contribution in [1.29, 1.82) is 0 Å². The molecule has 1 saturated heterocycles. The summed E-state index contributed by atoms with van der Waals surface area (Å²) in [5.41, 5.74) is 0. The van der Waals surface area contributed by atoms with Crippen LogP contribution >= 0.6 is 0 Å². The Kier molecular flexibility index (Phi) is 3.77. The zero-order valence-electron chi connectivity index (χ0n) is 11.9. The highest BCUT2D eigenvalue weighted by atomic mass is 32.2. The average molecular weight is 306 g/mol. The number of imidazole rings is 1. The molecule has 21 heavy (non-hydrogen) atoms. The van der Waals surface area contributed by atoms with Gasteiger partial charge in [-0.05, 0) is 31.9 Å². The summed E-state index contributed by atoms with van der Waals surface area (Å²) in [6, 6.07) is 3.22. The molecule has 0 spiro atoms. The summed E-state index contributed by atoms with van der Waals surface area (Å²) < 4.78 is 29.0. The standard InChI is InChI=1S/C14H18N4O2S/c1-12-16-7-9-17(12)11-13-4-3-8-18(13)21(19,20)14-5-2-6-15-10-14/h2,5-7,9-10,13H,3-4,8,11H2,1H3/t13-/m0/s1. The highest BCUT2D eigenvalue weighted by Gasteiger charge is 2.35. The summed E-state index contributed by atoms with van der Waals surface area (Å²) in [7, 11) is -3.47. The topological polar surface area (TPSA) is 68.1 Å². The predicted molar refractivity (Wildman–Crippen MR) is 78.1 cm³/mol. The van der Waals surface area contributed by atoms with Crippen LogP contribution in [-0.4, -0.2) is 39.8 Å². The molecule has 0 aromatic carbocycles. The molecule has 0 amide bonds. The van der Waals surface area contributed by atoms with Crippen LogP contribution in [0.4, 0.5) is 0 Å². The van der Waals surface area contributed by atoms with Crippen molar-refractivity contribution in [3.05, 3.63) is 42.7 Å². The first kappa shape index (κ1) is 14.2. The molecule has 0 N–H and O–H groups in total. The van der Waals surface area contributed by atoms with Crippen molar-refractivity contribution in [2.24, 2.45) is 0 Å². The van der Waals surface area contributed by atoms with E-state index in [0.717, 1.165) is 18.7 Å². The average Bonchev–Trinajstić information content (AvgIpc) is 3.11. The zero-order chi connectivity index (χ0) is 14.9. The molecule has 112 valence electrons. The van der Waals surface area contributed by atoms with Gasteiger partial charge in [0.15, 0.2) is 0 Å². The SMILES string of the molecule is Cc1nccn1C[C@@H]1CCCN1S(=O)(=O)c1cccnc1. The van der Waals surface area contributed by atoms with Crippen molar-refractivity contribution in [2.45, 2.75) is 37.2 Å². The van der Waals surface area contributed by atoms with Crippen molar-refractivity contribution in [3.63, 3.8) is 0 Å². The highest BCUT2D eigenvalue weighted by Crippen LogP contribution is 2.26. The largest absolute Gasteiger partial charge is 0.334 e. The van der Waals surface area contributed by atoms with E-state index < -0.39 is 10.0 Å². The Hall–Kier alpha value is -1.73.